The topological polar surface area (TPSA) is 64.1 Å². The number of nitrogens with one attached hydrogen (secondary N) is 2. The van der Waals surface area contributed by atoms with Crippen LogP contribution in [0.25, 0.3) is 0 Å². The lowest BCUT2D eigenvalue weighted by molar-refractivity contribution is 0.0733. The van der Waals surface area contributed by atoms with E-state index in [2.05, 4.69) is 15.6 Å². The van der Waals surface area contributed by atoms with Gasteiger partial charge in [0.2, 0.25) is 0 Å². The zero-order chi connectivity index (χ0) is 16.9. The maximum absolute atomic E-state index is 6.22. The van der Waals surface area contributed by atoms with Crippen molar-refractivity contribution in [1.29, 1.82) is 0 Å². The van der Waals surface area contributed by atoms with Gasteiger partial charge < -0.3 is 24.8 Å². The van der Waals surface area contributed by atoms with Crippen LogP contribution in [0, 0.1) is 0 Å². The van der Waals surface area contributed by atoms with Crippen molar-refractivity contribution in [3.63, 3.8) is 0 Å². The number of aliphatic imine (C=N–C) groups is 1. The molecule has 0 amide bonds. The Bertz CT molecular complexity index is 484. The zero-order valence-corrected chi connectivity index (χ0v) is 14.8. The highest BCUT2D eigenvalue weighted by Crippen LogP contribution is 2.22. The van der Waals surface area contributed by atoms with Crippen LogP contribution < -0.4 is 15.4 Å². The predicted molar refractivity (Wildman–Crippen MR) is 93.8 cm³/mol. The molecule has 2 N–H and O–H groups in total. The minimum atomic E-state index is 0.597. The smallest absolute Gasteiger partial charge is 0.191 e. The molecule has 0 aliphatic carbocycles. The van der Waals surface area contributed by atoms with Crippen LogP contribution >= 0.6 is 11.6 Å². The van der Waals surface area contributed by atoms with Gasteiger partial charge >= 0.3 is 0 Å². The minimum Gasteiger partial charge on any atom is -0.497 e. The third kappa shape index (κ3) is 8.06. The first-order chi connectivity index (χ1) is 11.2. The van der Waals surface area contributed by atoms with Crippen LogP contribution in [0.1, 0.15) is 5.56 Å². The lowest BCUT2D eigenvalue weighted by Crippen LogP contribution is -2.39. The first-order valence-corrected chi connectivity index (χ1v) is 7.92. The number of halogens is 1. The molecule has 1 aromatic carbocycles. The van der Waals surface area contributed by atoms with Gasteiger partial charge in [0.25, 0.3) is 0 Å². The third-order valence-electron chi connectivity index (χ3n) is 3.14. The number of benzene rings is 1. The molecule has 0 atom stereocenters. The van der Waals surface area contributed by atoms with Crippen molar-refractivity contribution >= 4 is 17.6 Å². The van der Waals surface area contributed by atoms with Crippen LogP contribution in [0.3, 0.4) is 0 Å². The van der Waals surface area contributed by atoms with Crippen molar-refractivity contribution in [1.82, 2.24) is 10.6 Å². The number of guanidine groups is 1. The monoisotopic (exact) mass is 343 g/mol. The van der Waals surface area contributed by atoms with E-state index in [-0.39, 0.29) is 0 Å². The van der Waals surface area contributed by atoms with Crippen LogP contribution in [-0.4, -0.2) is 60.1 Å². The summed E-state index contributed by atoms with van der Waals surface area (Å²) in [7, 11) is 5.02. The fraction of sp³-hybridized carbons (Fsp3) is 0.562. The molecular formula is C16H26ClN3O3. The van der Waals surface area contributed by atoms with Gasteiger partial charge in [0.1, 0.15) is 5.75 Å². The molecule has 0 aliphatic heterocycles. The van der Waals surface area contributed by atoms with Crippen molar-refractivity contribution in [2.45, 2.75) is 6.42 Å². The highest BCUT2D eigenvalue weighted by atomic mass is 35.5. The Balaban J connectivity index is 2.24. The summed E-state index contributed by atoms with van der Waals surface area (Å²) >= 11 is 6.22. The van der Waals surface area contributed by atoms with Crippen molar-refractivity contribution in [2.24, 2.45) is 4.99 Å². The Morgan fingerprint density at radius 1 is 1.13 bits per heavy atom. The predicted octanol–water partition coefficient (Wildman–Crippen LogP) is 1.72. The lowest BCUT2D eigenvalue weighted by Gasteiger charge is -2.12. The molecule has 0 aromatic heterocycles. The van der Waals surface area contributed by atoms with E-state index in [1.165, 1.54) is 0 Å². The summed E-state index contributed by atoms with van der Waals surface area (Å²) in [4.78, 5) is 4.16. The molecule has 23 heavy (non-hydrogen) atoms. The molecule has 0 spiro atoms. The Hall–Kier alpha value is -1.50. The second-order valence-electron chi connectivity index (χ2n) is 4.74. The normalized spacial score (nSPS) is 11.4. The van der Waals surface area contributed by atoms with E-state index in [9.17, 15) is 0 Å². The Kier molecular flexibility index (Phi) is 10.2. The van der Waals surface area contributed by atoms with Crippen molar-refractivity contribution in [2.75, 3.05) is 54.2 Å². The van der Waals surface area contributed by atoms with E-state index in [4.69, 9.17) is 25.8 Å². The lowest BCUT2D eigenvalue weighted by atomic mass is 10.1. The number of methoxy groups -OCH3 is 2. The molecule has 0 heterocycles. The number of nitrogens with zero attached hydrogens (tertiary/aromatic N) is 1. The van der Waals surface area contributed by atoms with Gasteiger partial charge in [-0.2, -0.15) is 0 Å². The third-order valence-corrected chi connectivity index (χ3v) is 3.49. The second-order valence-corrected chi connectivity index (χ2v) is 5.15. The summed E-state index contributed by atoms with van der Waals surface area (Å²) in [5, 5.41) is 7.14. The Morgan fingerprint density at radius 2 is 1.91 bits per heavy atom. The van der Waals surface area contributed by atoms with E-state index in [1.807, 2.05) is 18.2 Å². The number of hydrogen-bond donors (Lipinski definition) is 2. The molecule has 0 saturated carbocycles. The molecule has 1 rings (SSSR count). The molecule has 0 unspecified atom stereocenters. The van der Waals surface area contributed by atoms with Crippen LogP contribution in [0.2, 0.25) is 5.02 Å². The van der Waals surface area contributed by atoms with E-state index < -0.39 is 0 Å². The average molecular weight is 344 g/mol. The summed E-state index contributed by atoms with van der Waals surface area (Å²) in [6.07, 6.45) is 0.799. The van der Waals surface area contributed by atoms with E-state index >= 15 is 0 Å². The Morgan fingerprint density at radius 3 is 2.57 bits per heavy atom. The van der Waals surface area contributed by atoms with Gasteiger partial charge in [-0.05, 0) is 24.1 Å². The maximum atomic E-state index is 6.22. The SMILES string of the molecule is CN=C(NCCOCCOC)NCCc1ccc(OC)cc1Cl. The molecule has 0 bridgehead atoms. The van der Waals surface area contributed by atoms with Gasteiger partial charge in [-0.3, -0.25) is 4.99 Å². The van der Waals surface area contributed by atoms with Crippen LogP contribution in [0.5, 0.6) is 5.75 Å². The first kappa shape index (κ1) is 19.5. The summed E-state index contributed by atoms with van der Waals surface area (Å²) < 4.78 is 15.4. The summed E-state index contributed by atoms with van der Waals surface area (Å²) in [6, 6.07) is 5.70. The second kappa shape index (κ2) is 12.0. The van der Waals surface area contributed by atoms with Crippen molar-refractivity contribution in [3.8, 4) is 5.75 Å². The van der Waals surface area contributed by atoms with Crippen molar-refractivity contribution in [3.05, 3.63) is 28.8 Å². The van der Waals surface area contributed by atoms with E-state index in [0.29, 0.717) is 31.4 Å². The van der Waals surface area contributed by atoms with Crippen molar-refractivity contribution < 1.29 is 14.2 Å². The van der Waals surface area contributed by atoms with Gasteiger partial charge in [-0.15, -0.1) is 0 Å². The van der Waals surface area contributed by atoms with E-state index in [0.717, 1.165) is 30.2 Å². The Labute approximate surface area is 143 Å². The van der Waals surface area contributed by atoms with Gasteiger partial charge in [0.15, 0.2) is 5.96 Å². The molecule has 1 aromatic rings. The van der Waals surface area contributed by atoms with Gasteiger partial charge in [0, 0.05) is 32.3 Å². The van der Waals surface area contributed by atoms with Crippen LogP contribution in [0.4, 0.5) is 0 Å². The minimum absolute atomic E-state index is 0.597. The fourth-order valence-electron chi connectivity index (χ4n) is 1.88. The molecule has 130 valence electrons. The molecule has 7 heteroatoms. The summed E-state index contributed by atoms with van der Waals surface area (Å²) in [5.41, 5.74) is 1.07. The highest BCUT2D eigenvalue weighted by Gasteiger charge is 2.03. The standard InChI is InChI=1S/C16H26ClN3O3/c1-18-16(20-8-9-23-11-10-21-2)19-7-6-13-4-5-14(22-3)12-15(13)17/h4-5,12H,6-11H2,1-3H3,(H2,18,19,20). The molecule has 0 radical (unpaired) electrons. The van der Waals surface area contributed by atoms with E-state index in [1.54, 1.807) is 21.3 Å². The van der Waals surface area contributed by atoms with Gasteiger partial charge in [-0.25, -0.2) is 0 Å². The largest absolute Gasteiger partial charge is 0.497 e. The number of hydrogen-bond acceptors (Lipinski definition) is 4. The summed E-state index contributed by atoms with van der Waals surface area (Å²) in [6.45, 7) is 3.23. The highest BCUT2D eigenvalue weighted by molar-refractivity contribution is 6.31. The average Bonchev–Trinajstić information content (AvgIpc) is 2.57. The summed E-state index contributed by atoms with van der Waals surface area (Å²) in [5.74, 6) is 1.50. The molecule has 0 aliphatic rings. The molecule has 0 saturated heterocycles. The molecule has 6 nitrogen and oxygen atoms in total. The maximum Gasteiger partial charge on any atom is 0.191 e. The number of rotatable bonds is 10. The zero-order valence-electron chi connectivity index (χ0n) is 14.0. The van der Waals surface area contributed by atoms with Crippen LogP contribution in [0.15, 0.2) is 23.2 Å². The number of ether oxygens (including phenoxy) is 3. The first-order valence-electron chi connectivity index (χ1n) is 7.55. The molecular weight excluding hydrogens is 318 g/mol. The van der Waals surface area contributed by atoms with Gasteiger partial charge in [0.05, 0.1) is 26.9 Å². The molecule has 0 fully saturated rings. The quantitative estimate of drug-likeness (QED) is 0.385. The fourth-order valence-corrected chi connectivity index (χ4v) is 2.14. The van der Waals surface area contributed by atoms with Crippen LogP contribution in [-0.2, 0) is 15.9 Å². The van der Waals surface area contributed by atoms with Gasteiger partial charge in [-0.1, -0.05) is 17.7 Å².